The molecule has 0 atom stereocenters. The maximum absolute atomic E-state index is 11.9. The van der Waals surface area contributed by atoms with Crippen molar-refractivity contribution in [3.05, 3.63) is 36.5 Å². The molecule has 2 aromatic rings. The Morgan fingerprint density at radius 2 is 1.88 bits per heavy atom. The first kappa shape index (κ1) is 11.6. The second-order valence-corrected chi connectivity index (χ2v) is 5.08. The Morgan fingerprint density at radius 1 is 1.18 bits per heavy atom. The van der Waals surface area contributed by atoms with E-state index >= 15 is 0 Å². The van der Waals surface area contributed by atoms with Crippen LogP contribution in [0.1, 0.15) is 20.8 Å². The number of hydrogen-bond acceptors (Lipinski definition) is 2. The van der Waals surface area contributed by atoms with Crippen molar-refractivity contribution in [1.29, 1.82) is 0 Å². The van der Waals surface area contributed by atoms with E-state index in [9.17, 15) is 4.79 Å². The average molecular weight is 228 g/mol. The van der Waals surface area contributed by atoms with Crippen LogP contribution >= 0.6 is 0 Å². The molecule has 1 N–H and O–H groups in total. The minimum Gasteiger partial charge on any atom is -0.324 e. The van der Waals surface area contributed by atoms with E-state index in [1.54, 1.807) is 6.20 Å². The lowest BCUT2D eigenvalue weighted by Gasteiger charge is -2.18. The summed E-state index contributed by atoms with van der Waals surface area (Å²) in [5.41, 5.74) is 1.19. The summed E-state index contributed by atoms with van der Waals surface area (Å²) in [6.45, 7) is 5.67. The van der Waals surface area contributed by atoms with Gasteiger partial charge in [-0.05, 0) is 12.1 Å². The van der Waals surface area contributed by atoms with Crippen LogP contribution in [0.25, 0.3) is 10.9 Å². The number of nitrogens with zero attached hydrogens (tertiary/aromatic N) is 1. The van der Waals surface area contributed by atoms with Gasteiger partial charge in [0.15, 0.2) is 0 Å². The molecule has 1 aromatic carbocycles. The topological polar surface area (TPSA) is 42.0 Å². The highest BCUT2D eigenvalue weighted by molar-refractivity contribution is 6.01. The van der Waals surface area contributed by atoms with Crippen LogP contribution in [0.4, 0.5) is 5.69 Å². The minimum atomic E-state index is -0.406. The predicted octanol–water partition coefficient (Wildman–Crippen LogP) is 3.22. The second kappa shape index (κ2) is 4.17. The Morgan fingerprint density at radius 3 is 2.59 bits per heavy atom. The number of hydrogen-bond donors (Lipinski definition) is 1. The summed E-state index contributed by atoms with van der Waals surface area (Å²) >= 11 is 0. The number of carbonyl (C=O) groups is 1. The number of nitrogens with one attached hydrogen (secondary N) is 1. The number of aromatic nitrogens is 1. The van der Waals surface area contributed by atoms with Gasteiger partial charge < -0.3 is 5.32 Å². The monoisotopic (exact) mass is 228 g/mol. The molecule has 0 saturated heterocycles. The van der Waals surface area contributed by atoms with E-state index in [1.165, 1.54) is 0 Å². The van der Waals surface area contributed by atoms with Crippen LogP contribution in [0.5, 0.6) is 0 Å². The van der Waals surface area contributed by atoms with Crippen molar-refractivity contribution in [3.63, 3.8) is 0 Å². The number of anilines is 1. The summed E-state index contributed by atoms with van der Waals surface area (Å²) in [5, 5.41) is 3.95. The normalized spacial score (nSPS) is 11.5. The van der Waals surface area contributed by atoms with Crippen molar-refractivity contribution in [2.75, 3.05) is 5.32 Å². The Labute approximate surface area is 101 Å². The van der Waals surface area contributed by atoms with Crippen LogP contribution in [0.15, 0.2) is 36.5 Å². The third-order valence-electron chi connectivity index (χ3n) is 2.56. The fraction of sp³-hybridized carbons (Fsp3) is 0.286. The first-order valence-corrected chi connectivity index (χ1v) is 5.64. The zero-order valence-corrected chi connectivity index (χ0v) is 10.3. The van der Waals surface area contributed by atoms with Crippen molar-refractivity contribution in [2.24, 2.45) is 5.41 Å². The number of pyridine rings is 1. The summed E-state index contributed by atoms with van der Waals surface area (Å²) in [6, 6.07) is 9.64. The molecule has 0 aliphatic heterocycles. The second-order valence-electron chi connectivity index (χ2n) is 5.08. The van der Waals surface area contributed by atoms with Crippen LogP contribution in [0, 0.1) is 5.41 Å². The van der Waals surface area contributed by atoms with Crippen LogP contribution < -0.4 is 5.32 Å². The zero-order valence-electron chi connectivity index (χ0n) is 10.3. The van der Waals surface area contributed by atoms with Crippen molar-refractivity contribution >= 4 is 22.5 Å². The predicted molar refractivity (Wildman–Crippen MR) is 69.8 cm³/mol. The number of para-hydroxylation sites is 1. The van der Waals surface area contributed by atoms with Gasteiger partial charge in [0.25, 0.3) is 0 Å². The lowest BCUT2D eigenvalue weighted by Crippen LogP contribution is -2.27. The Hall–Kier alpha value is -1.90. The molecule has 1 amide bonds. The first-order chi connectivity index (χ1) is 7.98. The highest BCUT2D eigenvalue weighted by atomic mass is 16.2. The third-order valence-corrected chi connectivity index (χ3v) is 2.56. The van der Waals surface area contributed by atoms with E-state index in [0.29, 0.717) is 0 Å². The molecule has 88 valence electrons. The van der Waals surface area contributed by atoms with Gasteiger partial charge in [-0.15, -0.1) is 0 Å². The molecule has 1 heterocycles. The molecular weight excluding hydrogens is 212 g/mol. The van der Waals surface area contributed by atoms with Crippen LogP contribution in [0.3, 0.4) is 0 Å². The molecule has 0 unspecified atom stereocenters. The van der Waals surface area contributed by atoms with E-state index in [-0.39, 0.29) is 5.91 Å². The molecule has 0 aliphatic rings. The van der Waals surface area contributed by atoms with E-state index in [1.807, 2.05) is 51.1 Å². The van der Waals surface area contributed by atoms with Crippen molar-refractivity contribution in [3.8, 4) is 0 Å². The van der Waals surface area contributed by atoms with Crippen molar-refractivity contribution in [2.45, 2.75) is 20.8 Å². The molecular formula is C14H16N2O. The smallest absolute Gasteiger partial charge is 0.229 e. The van der Waals surface area contributed by atoms with Crippen LogP contribution in [-0.4, -0.2) is 10.9 Å². The third kappa shape index (κ3) is 2.44. The molecule has 0 radical (unpaired) electrons. The number of benzene rings is 1. The fourth-order valence-electron chi connectivity index (χ4n) is 1.51. The van der Waals surface area contributed by atoms with E-state index in [0.717, 1.165) is 16.6 Å². The van der Waals surface area contributed by atoms with Gasteiger partial charge in [-0.1, -0.05) is 39.0 Å². The minimum absolute atomic E-state index is 0.00402. The van der Waals surface area contributed by atoms with Gasteiger partial charge >= 0.3 is 0 Å². The summed E-state index contributed by atoms with van der Waals surface area (Å²) in [6.07, 6.45) is 1.73. The molecule has 0 bridgehead atoms. The molecule has 0 spiro atoms. The SMILES string of the molecule is CC(C)(C)C(=O)Nc1cccc2cccnc12. The highest BCUT2D eigenvalue weighted by Crippen LogP contribution is 2.23. The highest BCUT2D eigenvalue weighted by Gasteiger charge is 2.21. The number of amides is 1. The molecule has 1 aromatic heterocycles. The first-order valence-electron chi connectivity index (χ1n) is 5.64. The van der Waals surface area contributed by atoms with Crippen LogP contribution in [-0.2, 0) is 4.79 Å². The van der Waals surface area contributed by atoms with Crippen molar-refractivity contribution < 1.29 is 4.79 Å². The lowest BCUT2D eigenvalue weighted by atomic mass is 9.95. The number of rotatable bonds is 1. The maximum atomic E-state index is 11.9. The largest absolute Gasteiger partial charge is 0.324 e. The fourth-order valence-corrected chi connectivity index (χ4v) is 1.51. The van der Waals surface area contributed by atoms with E-state index in [4.69, 9.17) is 0 Å². The summed E-state index contributed by atoms with van der Waals surface area (Å²) in [5.74, 6) is -0.00402. The van der Waals surface area contributed by atoms with Gasteiger partial charge in [0.1, 0.15) is 0 Å². The molecule has 3 heteroatoms. The standard InChI is InChI=1S/C14H16N2O/c1-14(2,3)13(17)16-11-8-4-6-10-7-5-9-15-12(10)11/h4-9H,1-3H3,(H,16,17). The Balaban J connectivity index is 2.40. The van der Waals surface area contributed by atoms with Crippen molar-refractivity contribution in [1.82, 2.24) is 4.98 Å². The Kier molecular flexibility index (Phi) is 2.84. The molecule has 0 fully saturated rings. The Bertz CT molecular complexity index is 550. The van der Waals surface area contributed by atoms with Gasteiger partial charge in [-0.3, -0.25) is 9.78 Å². The van der Waals surface area contributed by atoms with Gasteiger partial charge in [0.2, 0.25) is 5.91 Å². The molecule has 17 heavy (non-hydrogen) atoms. The van der Waals surface area contributed by atoms with E-state index in [2.05, 4.69) is 10.3 Å². The quantitative estimate of drug-likeness (QED) is 0.814. The molecule has 0 saturated carbocycles. The molecule has 0 aliphatic carbocycles. The molecule has 2 rings (SSSR count). The van der Waals surface area contributed by atoms with E-state index < -0.39 is 5.41 Å². The van der Waals surface area contributed by atoms with Crippen LogP contribution in [0.2, 0.25) is 0 Å². The van der Waals surface area contributed by atoms with Gasteiger partial charge in [-0.25, -0.2) is 0 Å². The zero-order chi connectivity index (χ0) is 12.5. The summed E-state index contributed by atoms with van der Waals surface area (Å²) < 4.78 is 0. The lowest BCUT2D eigenvalue weighted by molar-refractivity contribution is -0.123. The number of fused-ring (bicyclic) bond motifs is 1. The molecule has 3 nitrogen and oxygen atoms in total. The maximum Gasteiger partial charge on any atom is 0.229 e. The number of carbonyl (C=O) groups excluding carboxylic acids is 1. The summed E-state index contributed by atoms with van der Waals surface area (Å²) in [4.78, 5) is 16.2. The summed E-state index contributed by atoms with van der Waals surface area (Å²) in [7, 11) is 0. The van der Waals surface area contributed by atoms with Gasteiger partial charge in [0, 0.05) is 17.0 Å². The average Bonchev–Trinajstić information content (AvgIpc) is 2.28. The van der Waals surface area contributed by atoms with Gasteiger partial charge in [0.05, 0.1) is 11.2 Å². The van der Waals surface area contributed by atoms with Gasteiger partial charge in [-0.2, -0.15) is 0 Å².